The monoisotopic (exact) mass is 332 g/mol. The highest BCUT2D eigenvalue weighted by Gasteiger charge is 2.31. The Balaban J connectivity index is 1.64. The quantitative estimate of drug-likeness (QED) is 0.832. The molecular formula is C18H28N4O2. The average molecular weight is 332 g/mol. The smallest absolute Gasteiger partial charge is 0.410 e. The molecule has 1 aliphatic carbocycles. The van der Waals surface area contributed by atoms with Gasteiger partial charge in [-0.1, -0.05) is 6.42 Å². The normalized spacial score (nSPS) is 22.2. The van der Waals surface area contributed by atoms with Crippen molar-refractivity contribution in [3.63, 3.8) is 0 Å². The lowest BCUT2D eigenvalue weighted by Crippen LogP contribution is -2.54. The number of carbonyl (C=O) groups excluding carboxylic acids is 1. The SMILES string of the molecule is C[C@@H]1CN(C(=O)OC(C)(C)C)CCN1c1cc(C2CCC2)ncn1. The Hall–Kier alpha value is -1.85. The van der Waals surface area contributed by atoms with Gasteiger partial charge in [-0.2, -0.15) is 0 Å². The van der Waals surface area contributed by atoms with Crippen LogP contribution in [-0.4, -0.2) is 52.2 Å². The molecule has 0 unspecified atom stereocenters. The first-order valence-electron chi connectivity index (χ1n) is 8.90. The molecule has 24 heavy (non-hydrogen) atoms. The second-order valence-corrected chi connectivity index (χ2v) is 7.90. The van der Waals surface area contributed by atoms with Gasteiger partial charge in [0, 0.05) is 43.4 Å². The van der Waals surface area contributed by atoms with Gasteiger partial charge in [0.1, 0.15) is 17.7 Å². The van der Waals surface area contributed by atoms with E-state index in [2.05, 4.69) is 27.9 Å². The number of piperazine rings is 1. The fourth-order valence-corrected chi connectivity index (χ4v) is 3.24. The van der Waals surface area contributed by atoms with Crippen LogP contribution in [0.15, 0.2) is 12.4 Å². The Kier molecular flexibility index (Phi) is 4.65. The van der Waals surface area contributed by atoms with Crippen molar-refractivity contribution in [2.45, 2.75) is 64.5 Å². The summed E-state index contributed by atoms with van der Waals surface area (Å²) in [5.74, 6) is 1.58. The first-order valence-corrected chi connectivity index (χ1v) is 8.90. The molecule has 0 spiro atoms. The lowest BCUT2D eigenvalue weighted by Gasteiger charge is -2.41. The zero-order valence-corrected chi connectivity index (χ0v) is 15.2. The molecular weight excluding hydrogens is 304 g/mol. The second-order valence-electron chi connectivity index (χ2n) is 7.90. The Bertz CT molecular complexity index is 595. The van der Waals surface area contributed by atoms with Gasteiger partial charge in [0.05, 0.1) is 0 Å². The summed E-state index contributed by atoms with van der Waals surface area (Å²) >= 11 is 0. The fourth-order valence-electron chi connectivity index (χ4n) is 3.24. The van der Waals surface area contributed by atoms with E-state index in [1.807, 2.05) is 20.8 Å². The van der Waals surface area contributed by atoms with Crippen LogP contribution in [-0.2, 0) is 4.74 Å². The summed E-state index contributed by atoms with van der Waals surface area (Å²) in [6, 6.07) is 2.33. The fraction of sp³-hybridized carbons (Fsp3) is 0.722. The van der Waals surface area contributed by atoms with Gasteiger partial charge in [-0.3, -0.25) is 0 Å². The highest BCUT2D eigenvalue weighted by atomic mass is 16.6. The molecule has 1 saturated heterocycles. The number of ether oxygens (including phenoxy) is 1. The maximum atomic E-state index is 12.3. The number of hydrogen-bond acceptors (Lipinski definition) is 5. The van der Waals surface area contributed by atoms with Crippen molar-refractivity contribution in [2.24, 2.45) is 0 Å². The van der Waals surface area contributed by atoms with E-state index in [-0.39, 0.29) is 12.1 Å². The maximum Gasteiger partial charge on any atom is 0.410 e. The Morgan fingerprint density at radius 2 is 2.00 bits per heavy atom. The number of nitrogens with zero attached hydrogens (tertiary/aromatic N) is 4. The molecule has 3 rings (SSSR count). The minimum atomic E-state index is -0.457. The molecule has 1 atom stereocenters. The minimum Gasteiger partial charge on any atom is -0.444 e. The molecule has 1 aromatic heterocycles. The van der Waals surface area contributed by atoms with Crippen LogP contribution in [0.1, 0.15) is 58.6 Å². The zero-order valence-electron chi connectivity index (χ0n) is 15.2. The van der Waals surface area contributed by atoms with E-state index in [4.69, 9.17) is 4.74 Å². The molecule has 0 aromatic carbocycles. The number of rotatable bonds is 2. The third-order valence-electron chi connectivity index (χ3n) is 4.77. The van der Waals surface area contributed by atoms with Crippen molar-refractivity contribution in [1.29, 1.82) is 0 Å². The molecule has 0 N–H and O–H groups in total. The number of hydrogen-bond donors (Lipinski definition) is 0. The van der Waals surface area contributed by atoms with E-state index < -0.39 is 5.60 Å². The van der Waals surface area contributed by atoms with Crippen LogP contribution in [0.2, 0.25) is 0 Å². The van der Waals surface area contributed by atoms with Crippen LogP contribution in [0.3, 0.4) is 0 Å². The summed E-state index contributed by atoms with van der Waals surface area (Å²) in [5, 5.41) is 0. The van der Waals surface area contributed by atoms with Gasteiger partial charge in [-0.25, -0.2) is 14.8 Å². The summed E-state index contributed by atoms with van der Waals surface area (Å²) in [6.45, 7) is 9.89. The van der Waals surface area contributed by atoms with E-state index in [0.717, 1.165) is 18.1 Å². The van der Waals surface area contributed by atoms with Crippen LogP contribution in [0.4, 0.5) is 10.6 Å². The molecule has 1 amide bonds. The topological polar surface area (TPSA) is 58.6 Å². The van der Waals surface area contributed by atoms with E-state index in [9.17, 15) is 4.79 Å². The lowest BCUT2D eigenvalue weighted by molar-refractivity contribution is 0.0218. The van der Waals surface area contributed by atoms with E-state index in [1.54, 1.807) is 11.2 Å². The molecule has 1 saturated carbocycles. The molecule has 1 aromatic rings. The first kappa shape index (κ1) is 17.0. The molecule has 2 aliphatic rings. The third kappa shape index (κ3) is 3.79. The minimum absolute atomic E-state index is 0.204. The summed E-state index contributed by atoms with van der Waals surface area (Å²) in [4.78, 5) is 25.2. The molecule has 0 bridgehead atoms. The van der Waals surface area contributed by atoms with Gasteiger partial charge in [0.25, 0.3) is 0 Å². The Labute approximate surface area is 144 Å². The average Bonchev–Trinajstić information content (AvgIpc) is 2.44. The summed E-state index contributed by atoms with van der Waals surface area (Å²) in [7, 11) is 0. The number of anilines is 1. The predicted octanol–water partition coefficient (Wildman–Crippen LogP) is 3.19. The van der Waals surface area contributed by atoms with Crippen molar-refractivity contribution in [3.05, 3.63) is 18.1 Å². The van der Waals surface area contributed by atoms with Crippen LogP contribution >= 0.6 is 0 Å². The van der Waals surface area contributed by atoms with E-state index >= 15 is 0 Å². The van der Waals surface area contributed by atoms with Gasteiger partial charge in [-0.05, 0) is 40.5 Å². The van der Waals surface area contributed by atoms with Gasteiger partial charge in [-0.15, -0.1) is 0 Å². The number of amides is 1. The highest BCUT2D eigenvalue weighted by molar-refractivity contribution is 5.68. The molecule has 6 heteroatoms. The van der Waals surface area contributed by atoms with E-state index in [0.29, 0.717) is 19.0 Å². The van der Waals surface area contributed by atoms with Crippen molar-refractivity contribution < 1.29 is 9.53 Å². The van der Waals surface area contributed by atoms with Crippen molar-refractivity contribution >= 4 is 11.9 Å². The standard InChI is InChI=1S/C18H28N4O2/c1-13-11-21(17(23)24-18(2,3)4)8-9-22(13)16-10-15(19-12-20-16)14-6-5-7-14/h10,12-14H,5-9,11H2,1-4H3/t13-/m1/s1. The van der Waals surface area contributed by atoms with Crippen LogP contribution in [0.25, 0.3) is 0 Å². The van der Waals surface area contributed by atoms with Crippen LogP contribution in [0, 0.1) is 0 Å². The van der Waals surface area contributed by atoms with Crippen LogP contribution in [0.5, 0.6) is 0 Å². The lowest BCUT2D eigenvalue weighted by atomic mass is 9.83. The molecule has 2 fully saturated rings. The van der Waals surface area contributed by atoms with Crippen LogP contribution < -0.4 is 4.90 Å². The van der Waals surface area contributed by atoms with Gasteiger partial charge in [0.2, 0.25) is 0 Å². The summed E-state index contributed by atoms with van der Waals surface area (Å²) < 4.78 is 5.48. The van der Waals surface area contributed by atoms with Gasteiger partial charge in [0.15, 0.2) is 0 Å². The van der Waals surface area contributed by atoms with Crippen molar-refractivity contribution in [3.8, 4) is 0 Å². The van der Waals surface area contributed by atoms with Crippen molar-refractivity contribution in [2.75, 3.05) is 24.5 Å². The highest BCUT2D eigenvalue weighted by Crippen LogP contribution is 2.36. The number of carbonyl (C=O) groups is 1. The largest absolute Gasteiger partial charge is 0.444 e. The predicted molar refractivity (Wildman–Crippen MR) is 93.2 cm³/mol. The maximum absolute atomic E-state index is 12.3. The molecule has 2 heterocycles. The molecule has 6 nitrogen and oxygen atoms in total. The molecule has 132 valence electrons. The summed E-state index contributed by atoms with van der Waals surface area (Å²) in [5.41, 5.74) is 0.704. The number of aromatic nitrogens is 2. The van der Waals surface area contributed by atoms with Crippen molar-refractivity contribution in [1.82, 2.24) is 14.9 Å². The van der Waals surface area contributed by atoms with Gasteiger partial charge < -0.3 is 14.5 Å². The Morgan fingerprint density at radius 3 is 2.58 bits per heavy atom. The van der Waals surface area contributed by atoms with E-state index in [1.165, 1.54) is 19.3 Å². The molecule has 0 radical (unpaired) electrons. The molecule has 1 aliphatic heterocycles. The Morgan fingerprint density at radius 1 is 1.25 bits per heavy atom. The third-order valence-corrected chi connectivity index (χ3v) is 4.77. The zero-order chi connectivity index (χ0) is 17.3. The summed E-state index contributed by atoms with van der Waals surface area (Å²) in [6.07, 6.45) is 5.22. The second kappa shape index (κ2) is 6.57. The van der Waals surface area contributed by atoms with Gasteiger partial charge >= 0.3 is 6.09 Å². The first-order chi connectivity index (χ1) is 11.3.